The van der Waals surface area contributed by atoms with Gasteiger partial charge in [-0.3, -0.25) is 34.7 Å². The zero-order chi connectivity index (χ0) is 42.7. The Balaban J connectivity index is 0.000000582. The number of nitrogens with one attached hydrogen (secondary N) is 1. The first-order valence-electron chi connectivity index (χ1n) is 15.6. The van der Waals surface area contributed by atoms with E-state index >= 15 is 0 Å². The number of aromatic amines is 1. The first-order chi connectivity index (χ1) is 27.2. The molecule has 62 heavy (non-hydrogen) atoms. The van der Waals surface area contributed by atoms with Crippen LogP contribution in [0.2, 0.25) is 0 Å². The van der Waals surface area contributed by atoms with Crippen molar-refractivity contribution in [2.45, 2.75) is 23.6 Å². The smallest absolute Gasteiger partial charge is 0.870 e. The number of nitro groups is 2. The third-order valence-electron chi connectivity index (χ3n) is 7.57. The van der Waals surface area contributed by atoms with E-state index in [0.29, 0.717) is 35.6 Å². The Morgan fingerprint density at radius 1 is 0.694 bits per heavy atom. The number of H-pyrrole nitrogens is 1. The second-order valence-corrected chi connectivity index (χ2v) is 14.2. The van der Waals surface area contributed by atoms with Gasteiger partial charge >= 0.3 is 106 Å². The number of benzene rings is 4. The van der Waals surface area contributed by atoms with Crippen LogP contribution in [0.1, 0.15) is 11.4 Å². The van der Waals surface area contributed by atoms with Gasteiger partial charge in [-0.05, 0) is 38.1 Å². The van der Waals surface area contributed by atoms with Crippen molar-refractivity contribution in [1.29, 1.82) is 0 Å². The van der Waals surface area contributed by atoms with Gasteiger partial charge in [-0.15, -0.1) is 10.2 Å². The van der Waals surface area contributed by atoms with Crippen LogP contribution in [0.25, 0.3) is 11.4 Å². The second-order valence-electron chi connectivity index (χ2n) is 11.5. The van der Waals surface area contributed by atoms with E-state index < -0.39 is 85.6 Å². The fraction of sp³-hybridized carbons (Fsp3) is 0.0625. The van der Waals surface area contributed by atoms with Crippen LogP contribution in [0.5, 0.6) is 17.4 Å². The summed E-state index contributed by atoms with van der Waals surface area (Å²) >= 11 is 0. The van der Waals surface area contributed by atoms with Gasteiger partial charge in [0.1, 0.15) is 15.8 Å². The molecule has 0 saturated carbocycles. The molecule has 2 N–H and O–H groups in total. The minimum Gasteiger partial charge on any atom is -0.870 e. The van der Waals surface area contributed by atoms with Gasteiger partial charge in [-0.2, -0.15) is 23.7 Å². The Hall–Kier alpha value is -4.15. The number of hydrogen-bond donors (Lipinski definition) is 2. The molecular weight excluding hydrogens is 934 g/mol. The standard InChI is InChI=1S/2C16H13N5O7S.Cr.3Na/c2*1-9-14(16(23)20(19-9)10-5-3-2-4-6-10)18-17-12-7-11(21(24)25)8-13(15(12)22)29(26,27)28;;;;/h2-8,22-23H,1H3,(H,26,27,28);2-8,19,22H,1H3,(H,26,27,28);;;;/q;;+3;3*+1/p-4. The van der Waals surface area contributed by atoms with Crippen LogP contribution in [0.4, 0.5) is 34.1 Å². The second kappa shape index (κ2) is 23.0. The summed E-state index contributed by atoms with van der Waals surface area (Å²) in [7, 11) is -10.3. The van der Waals surface area contributed by atoms with E-state index in [9.17, 15) is 61.7 Å². The van der Waals surface area contributed by atoms with Gasteiger partial charge in [0.25, 0.3) is 27.1 Å². The number of aromatic nitrogens is 4. The molecule has 0 aliphatic heterocycles. The molecule has 0 atom stereocenters. The summed E-state index contributed by atoms with van der Waals surface area (Å²) in [5.41, 5.74) is -2.79. The summed E-state index contributed by atoms with van der Waals surface area (Å²) in [5.74, 6) is -3.33. The molecule has 30 heteroatoms. The normalized spacial score (nSPS) is 11.0. The Bertz CT molecular complexity index is 2950. The quantitative estimate of drug-likeness (QED) is 0.0426. The van der Waals surface area contributed by atoms with Gasteiger partial charge in [0.05, 0.1) is 53.8 Å². The molecule has 6 rings (SSSR count). The zero-order valence-corrected chi connectivity index (χ0v) is 41.5. The Morgan fingerprint density at radius 3 is 1.58 bits per heavy atom. The first kappa shape index (κ1) is 55.9. The summed E-state index contributed by atoms with van der Waals surface area (Å²) in [5, 5.41) is 79.9. The van der Waals surface area contributed by atoms with Crippen molar-refractivity contribution in [2.24, 2.45) is 20.5 Å². The molecule has 0 aliphatic carbocycles. The number of azo groups is 2. The average molecular weight is 956 g/mol. The third-order valence-corrected chi connectivity index (χ3v) is 9.27. The van der Waals surface area contributed by atoms with Crippen LogP contribution in [0.15, 0.2) is 120 Å². The van der Waals surface area contributed by atoms with E-state index in [2.05, 4.69) is 30.7 Å². The van der Waals surface area contributed by atoms with Crippen molar-refractivity contribution in [1.82, 2.24) is 19.6 Å². The molecule has 0 unspecified atom stereocenters. The van der Waals surface area contributed by atoms with Crippen LogP contribution < -0.4 is 110 Å². The third kappa shape index (κ3) is 13.0. The maximum Gasteiger partial charge on any atom is 3.00 e. The van der Waals surface area contributed by atoms with Gasteiger partial charge in [0.2, 0.25) is 0 Å². The number of para-hydroxylation sites is 2. The molecule has 2 heterocycles. The Kier molecular flexibility index (Phi) is 20.7. The maximum absolute atomic E-state index is 12.6. The van der Waals surface area contributed by atoms with Crippen LogP contribution >= 0.6 is 0 Å². The fourth-order valence-corrected chi connectivity index (χ4v) is 6.07. The monoisotopic (exact) mass is 955 g/mol. The topological polar surface area (TPSA) is 372 Å². The number of nitrogens with zero attached hydrogens (tertiary/aromatic N) is 9. The summed E-state index contributed by atoms with van der Waals surface area (Å²) in [6, 6.07) is 19.0. The van der Waals surface area contributed by atoms with Gasteiger partial charge in [-0.1, -0.05) is 47.9 Å². The number of rotatable bonds is 10. The summed E-state index contributed by atoms with van der Waals surface area (Å²) < 4.78 is 67.6. The molecule has 0 fully saturated rings. The van der Waals surface area contributed by atoms with Crippen LogP contribution in [-0.4, -0.2) is 55.3 Å². The largest absolute Gasteiger partial charge is 3.00 e. The van der Waals surface area contributed by atoms with Gasteiger partial charge in [-0.25, -0.2) is 17.8 Å². The minimum absolute atomic E-state index is 0. The maximum atomic E-state index is 12.6. The molecule has 0 bridgehead atoms. The molecule has 303 valence electrons. The fourth-order valence-electron chi connectivity index (χ4n) is 4.86. The summed E-state index contributed by atoms with van der Waals surface area (Å²) in [6.07, 6.45) is 0. The predicted molar refractivity (Wildman–Crippen MR) is 190 cm³/mol. The summed E-state index contributed by atoms with van der Waals surface area (Å²) in [6.45, 7) is 2.97. The molecule has 6 aromatic rings. The number of nitro benzene ring substituents is 2. The van der Waals surface area contributed by atoms with Crippen LogP contribution in [0, 0.1) is 34.1 Å². The van der Waals surface area contributed by atoms with E-state index in [1.54, 1.807) is 60.7 Å². The van der Waals surface area contributed by atoms with E-state index in [-0.39, 0.29) is 129 Å². The molecular formula is C32H22CrN10Na3O14S2+2. The molecule has 2 aromatic heterocycles. The van der Waals surface area contributed by atoms with E-state index in [0.717, 1.165) is 4.68 Å². The van der Waals surface area contributed by atoms with Gasteiger partial charge in [0, 0.05) is 30.1 Å². The molecule has 0 amide bonds. The van der Waals surface area contributed by atoms with Crippen LogP contribution in [0.3, 0.4) is 0 Å². The number of aryl methyl sites for hydroxylation is 2. The van der Waals surface area contributed by atoms with Crippen LogP contribution in [-0.2, 0) is 37.6 Å². The van der Waals surface area contributed by atoms with Gasteiger partial charge < -0.3 is 19.9 Å². The first-order valence-corrected chi connectivity index (χ1v) is 18.5. The van der Waals surface area contributed by atoms with Crippen molar-refractivity contribution in [3.05, 3.63) is 127 Å². The van der Waals surface area contributed by atoms with Gasteiger partial charge in [0.15, 0.2) is 5.69 Å². The molecule has 0 saturated heterocycles. The Morgan fingerprint density at radius 2 is 1.13 bits per heavy atom. The molecule has 4 aromatic carbocycles. The van der Waals surface area contributed by atoms with Crippen molar-refractivity contribution < 1.29 is 157 Å². The SMILES string of the molecule is Cc1[nH]n(-c2ccccc2)c(=O)c1N=Nc1cc([N+](=O)[O-])cc(S(=O)(=O)O)c1[O-].Cc1nn(-c2ccccc2)c([O-])c1N=Nc1cc([N+](=O)[O-])cc(S(=O)(=O)[O-])c1[O-].[Cr+3].[Na+].[Na+].[Na+]. The van der Waals surface area contributed by atoms with Crippen molar-refractivity contribution in [2.75, 3.05) is 0 Å². The van der Waals surface area contributed by atoms with E-state index in [1.165, 1.54) is 18.5 Å². The molecule has 0 aliphatic rings. The van der Waals surface area contributed by atoms with Crippen molar-refractivity contribution >= 4 is 54.4 Å². The average Bonchev–Trinajstić information content (AvgIpc) is 3.61. The summed E-state index contributed by atoms with van der Waals surface area (Å²) in [4.78, 5) is 30.0. The van der Waals surface area contributed by atoms with Crippen molar-refractivity contribution in [3.63, 3.8) is 0 Å². The van der Waals surface area contributed by atoms with E-state index in [1.807, 2.05) is 0 Å². The van der Waals surface area contributed by atoms with Crippen molar-refractivity contribution in [3.8, 4) is 28.8 Å². The predicted octanol–water partition coefficient (Wildman–Crippen LogP) is -5.32. The number of hydrogen-bond acceptors (Lipinski definition) is 18. The van der Waals surface area contributed by atoms with E-state index in [4.69, 9.17) is 4.55 Å². The molecule has 1 radical (unpaired) electrons. The number of non-ortho nitro benzene ring substituents is 2. The Labute approximate surface area is 426 Å². The minimum atomic E-state index is -5.29. The molecule has 24 nitrogen and oxygen atoms in total. The molecule has 0 spiro atoms. The zero-order valence-electron chi connectivity index (χ0n) is 32.6.